The van der Waals surface area contributed by atoms with Gasteiger partial charge in [0.25, 0.3) is 0 Å². The molecular formula is C11H11N3. The Hall–Kier alpha value is -1.77. The number of hydrogen-bond donors (Lipinski definition) is 0. The second-order valence-corrected chi connectivity index (χ2v) is 3.18. The van der Waals surface area contributed by atoms with E-state index in [1.807, 2.05) is 32.0 Å². The average molecular weight is 185 g/mol. The molecular weight excluding hydrogens is 174 g/mol. The fourth-order valence-electron chi connectivity index (χ4n) is 1.36. The van der Waals surface area contributed by atoms with Gasteiger partial charge >= 0.3 is 0 Å². The molecule has 2 aromatic heterocycles. The Bertz CT molecular complexity index is 452. The molecule has 0 aliphatic heterocycles. The highest BCUT2D eigenvalue weighted by Crippen LogP contribution is 2.18. The lowest BCUT2D eigenvalue weighted by atomic mass is 10.1. The van der Waals surface area contributed by atoms with E-state index in [0.717, 1.165) is 22.6 Å². The lowest BCUT2D eigenvalue weighted by Gasteiger charge is -2.03. The molecule has 0 N–H and O–H groups in total. The van der Waals surface area contributed by atoms with Crippen molar-refractivity contribution in [2.75, 3.05) is 0 Å². The van der Waals surface area contributed by atoms with Crippen LogP contribution < -0.4 is 0 Å². The van der Waals surface area contributed by atoms with E-state index in [1.54, 1.807) is 12.5 Å². The summed E-state index contributed by atoms with van der Waals surface area (Å²) in [5.41, 5.74) is 3.96. The maximum atomic E-state index is 4.22. The van der Waals surface area contributed by atoms with Crippen molar-refractivity contribution < 1.29 is 0 Å². The number of rotatable bonds is 1. The van der Waals surface area contributed by atoms with Crippen LogP contribution in [0.5, 0.6) is 0 Å². The zero-order valence-corrected chi connectivity index (χ0v) is 8.23. The molecule has 3 heteroatoms. The molecule has 0 amide bonds. The molecule has 3 nitrogen and oxygen atoms in total. The van der Waals surface area contributed by atoms with Gasteiger partial charge in [-0.05, 0) is 32.0 Å². The summed E-state index contributed by atoms with van der Waals surface area (Å²) in [6.07, 6.45) is 3.37. The predicted octanol–water partition coefficient (Wildman–Crippen LogP) is 2.16. The van der Waals surface area contributed by atoms with Crippen LogP contribution >= 0.6 is 0 Å². The number of hydrogen-bond acceptors (Lipinski definition) is 3. The summed E-state index contributed by atoms with van der Waals surface area (Å²) in [6, 6.07) is 5.90. The SMILES string of the molecule is Cc1cc(-c2cccnc2C)ncn1. The molecule has 2 aromatic rings. The van der Waals surface area contributed by atoms with Crippen LogP contribution in [0.2, 0.25) is 0 Å². The van der Waals surface area contributed by atoms with E-state index in [2.05, 4.69) is 15.0 Å². The zero-order valence-electron chi connectivity index (χ0n) is 8.23. The van der Waals surface area contributed by atoms with Gasteiger partial charge in [0.1, 0.15) is 6.33 Å². The summed E-state index contributed by atoms with van der Waals surface area (Å²) in [7, 11) is 0. The van der Waals surface area contributed by atoms with Crippen molar-refractivity contribution in [3.05, 3.63) is 42.1 Å². The zero-order chi connectivity index (χ0) is 9.97. The monoisotopic (exact) mass is 185 g/mol. The van der Waals surface area contributed by atoms with Crippen LogP contribution in [0.1, 0.15) is 11.4 Å². The van der Waals surface area contributed by atoms with Crippen molar-refractivity contribution in [1.82, 2.24) is 15.0 Å². The Kier molecular flexibility index (Phi) is 2.23. The van der Waals surface area contributed by atoms with Crippen molar-refractivity contribution in [3.8, 4) is 11.3 Å². The molecule has 0 bridgehead atoms. The number of aryl methyl sites for hydroxylation is 2. The highest BCUT2D eigenvalue weighted by atomic mass is 14.8. The minimum Gasteiger partial charge on any atom is -0.261 e. The number of nitrogens with zero attached hydrogens (tertiary/aromatic N) is 3. The van der Waals surface area contributed by atoms with Crippen LogP contribution in [-0.4, -0.2) is 15.0 Å². The molecule has 0 radical (unpaired) electrons. The smallest absolute Gasteiger partial charge is 0.116 e. The van der Waals surface area contributed by atoms with E-state index in [1.165, 1.54) is 0 Å². The third-order valence-corrected chi connectivity index (χ3v) is 2.09. The van der Waals surface area contributed by atoms with Gasteiger partial charge in [-0.25, -0.2) is 9.97 Å². The Labute approximate surface area is 82.9 Å². The Morgan fingerprint density at radius 3 is 2.64 bits per heavy atom. The van der Waals surface area contributed by atoms with E-state index in [9.17, 15) is 0 Å². The van der Waals surface area contributed by atoms with Crippen LogP contribution in [0, 0.1) is 13.8 Å². The first-order chi connectivity index (χ1) is 6.77. The molecule has 70 valence electrons. The van der Waals surface area contributed by atoms with Crippen LogP contribution in [0.25, 0.3) is 11.3 Å². The molecule has 14 heavy (non-hydrogen) atoms. The molecule has 0 fully saturated rings. The molecule has 0 saturated carbocycles. The van der Waals surface area contributed by atoms with E-state index in [-0.39, 0.29) is 0 Å². The number of pyridine rings is 1. The molecule has 0 aliphatic carbocycles. The summed E-state index contributed by atoms with van der Waals surface area (Å²) in [5, 5.41) is 0. The molecule has 0 aromatic carbocycles. The predicted molar refractivity (Wildman–Crippen MR) is 54.7 cm³/mol. The standard InChI is InChI=1S/C11H11N3/c1-8-6-11(14-7-13-8)10-4-3-5-12-9(10)2/h3-7H,1-2H3. The lowest BCUT2D eigenvalue weighted by molar-refractivity contribution is 1.09. The van der Waals surface area contributed by atoms with Crippen LogP contribution in [0.4, 0.5) is 0 Å². The maximum absolute atomic E-state index is 4.22. The second kappa shape index (κ2) is 3.54. The molecule has 0 spiro atoms. The van der Waals surface area contributed by atoms with Gasteiger partial charge in [0, 0.05) is 23.1 Å². The van der Waals surface area contributed by atoms with Gasteiger partial charge in [-0.1, -0.05) is 0 Å². The van der Waals surface area contributed by atoms with Crippen molar-refractivity contribution in [3.63, 3.8) is 0 Å². The van der Waals surface area contributed by atoms with E-state index in [0.29, 0.717) is 0 Å². The van der Waals surface area contributed by atoms with Crippen LogP contribution in [0.15, 0.2) is 30.7 Å². The van der Waals surface area contributed by atoms with Crippen molar-refractivity contribution in [2.45, 2.75) is 13.8 Å². The van der Waals surface area contributed by atoms with Gasteiger partial charge in [-0.15, -0.1) is 0 Å². The maximum Gasteiger partial charge on any atom is 0.116 e. The molecule has 2 rings (SSSR count). The van der Waals surface area contributed by atoms with Gasteiger partial charge in [0.2, 0.25) is 0 Å². The molecule has 0 aliphatic rings. The highest BCUT2D eigenvalue weighted by Gasteiger charge is 2.02. The van der Waals surface area contributed by atoms with E-state index < -0.39 is 0 Å². The topological polar surface area (TPSA) is 38.7 Å². The fraction of sp³-hybridized carbons (Fsp3) is 0.182. The summed E-state index contributed by atoms with van der Waals surface area (Å²) in [4.78, 5) is 12.5. The van der Waals surface area contributed by atoms with Gasteiger partial charge in [-0.2, -0.15) is 0 Å². The molecule has 0 unspecified atom stereocenters. The Balaban J connectivity index is 2.55. The summed E-state index contributed by atoms with van der Waals surface area (Å²) in [5.74, 6) is 0. The molecule has 0 atom stereocenters. The highest BCUT2D eigenvalue weighted by molar-refractivity contribution is 5.61. The molecule has 0 saturated heterocycles. The van der Waals surface area contributed by atoms with Gasteiger partial charge in [-0.3, -0.25) is 4.98 Å². The van der Waals surface area contributed by atoms with E-state index in [4.69, 9.17) is 0 Å². The number of aromatic nitrogens is 3. The minimum atomic E-state index is 0.933. The largest absolute Gasteiger partial charge is 0.261 e. The minimum absolute atomic E-state index is 0.933. The second-order valence-electron chi connectivity index (χ2n) is 3.18. The summed E-state index contributed by atoms with van der Waals surface area (Å²) >= 11 is 0. The Morgan fingerprint density at radius 1 is 1.07 bits per heavy atom. The third kappa shape index (κ3) is 1.62. The fourth-order valence-corrected chi connectivity index (χ4v) is 1.36. The van der Waals surface area contributed by atoms with Crippen molar-refractivity contribution in [1.29, 1.82) is 0 Å². The van der Waals surface area contributed by atoms with Crippen LogP contribution in [-0.2, 0) is 0 Å². The van der Waals surface area contributed by atoms with Gasteiger partial charge < -0.3 is 0 Å². The first kappa shape index (κ1) is 8.81. The first-order valence-electron chi connectivity index (χ1n) is 4.48. The Morgan fingerprint density at radius 2 is 1.93 bits per heavy atom. The van der Waals surface area contributed by atoms with E-state index >= 15 is 0 Å². The normalized spacial score (nSPS) is 10.1. The van der Waals surface area contributed by atoms with Gasteiger partial charge in [0.15, 0.2) is 0 Å². The van der Waals surface area contributed by atoms with Crippen molar-refractivity contribution >= 4 is 0 Å². The van der Waals surface area contributed by atoms with Gasteiger partial charge in [0.05, 0.1) is 5.69 Å². The summed E-state index contributed by atoms with van der Waals surface area (Å²) in [6.45, 7) is 3.93. The molecule has 2 heterocycles. The quantitative estimate of drug-likeness (QED) is 0.683. The first-order valence-corrected chi connectivity index (χ1v) is 4.48. The van der Waals surface area contributed by atoms with Crippen LogP contribution in [0.3, 0.4) is 0 Å². The third-order valence-electron chi connectivity index (χ3n) is 2.09. The van der Waals surface area contributed by atoms with Crippen molar-refractivity contribution in [2.24, 2.45) is 0 Å². The average Bonchev–Trinajstić information content (AvgIpc) is 2.18. The lowest BCUT2D eigenvalue weighted by Crippen LogP contribution is -1.91. The summed E-state index contributed by atoms with van der Waals surface area (Å²) < 4.78 is 0.